The minimum atomic E-state index is -0.702. The van der Waals surface area contributed by atoms with E-state index in [1.54, 1.807) is 27.9 Å². The molecule has 1 saturated carbocycles. The van der Waals surface area contributed by atoms with Crippen LogP contribution in [-0.2, 0) is 23.2 Å². The molecule has 0 radical (unpaired) electrons. The molecule has 0 unspecified atom stereocenters. The van der Waals surface area contributed by atoms with Crippen LogP contribution in [0.4, 0.5) is 10.1 Å². The predicted molar refractivity (Wildman–Crippen MR) is 116 cm³/mol. The van der Waals surface area contributed by atoms with E-state index in [4.69, 9.17) is 4.74 Å². The van der Waals surface area contributed by atoms with E-state index in [0.717, 1.165) is 16.8 Å². The second kappa shape index (κ2) is 7.78. The fourth-order valence-corrected chi connectivity index (χ4v) is 4.44. The molecule has 32 heavy (non-hydrogen) atoms. The number of carbonyl (C=O) groups excluding carboxylic acids is 2. The van der Waals surface area contributed by atoms with Crippen LogP contribution in [0.5, 0.6) is 5.75 Å². The maximum atomic E-state index is 13.5. The van der Waals surface area contributed by atoms with Gasteiger partial charge in [0, 0.05) is 37.0 Å². The van der Waals surface area contributed by atoms with Gasteiger partial charge >= 0.3 is 0 Å². The van der Waals surface area contributed by atoms with Gasteiger partial charge in [-0.1, -0.05) is 18.2 Å². The van der Waals surface area contributed by atoms with Gasteiger partial charge in [-0.3, -0.25) is 14.3 Å². The summed E-state index contributed by atoms with van der Waals surface area (Å²) in [6.07, 6.45) is 4.19. The Labute approximate surface area is 184 Å². The summed E-state index contributed by atoms with van der Waals surface area (Å²) in [5, 5.41) is 6.96. The van der Waals surface area contributed by atoms with Crippen molar-refractivity contribution < 1.29 is 18.7 Å². The molecule has 1 fully saturated rings. The number of para-hydroxylation sites is 1. The molecule has 5 rings (SSSR count). The topological polar surface area (TPSA) is 76.5 Å². The van der Waals surface area contributed by atoms with E-state index in [-0.39, 0.29) is 36.7 Å². The number of carbonyl (C=O) groups is 2. The number of fused-ring (bicyclic) bond motifs is 3. The summed E-state index contributed by atoms with van der Waals surface area (Å²) < 4.78 is 20.7. The maximum Gasteiger partial charge on any atom is 0.240 e. The summed E-state index contributed by atoms with van der Waals surface area (Å²) in [5.41, 5.74) is 2.01. The smallest absolute Gasteiger partial charge is 0.240 e. The second-order valence-electron chi connectivity index (χ2n) is 8.40. The van der Waals surface area contributed by atoms with Crippen LogP contribution in [0, 0.1) is 11.2 Å². The summed E-state index contributed by atoms with van der Waals surface area (Å²) in [6, 6.07) is 13.5. The Morgan fingerprint density at radius 2 is 2.03 bits per heavy atom. The number of aryl methyl sites for hydroxylation is 1. The van der Waals surface area contributed by atoms with Crippen molar-refractivity contribution in [3.8, 4) is 5.75 Å². The molecule has 2 atom stereocenters. The summed E-state index contributed by atoms with van der Waals surface area (Å²) in [4.78, 5) is 27.8. The Hall–Kier alpha value is -3.68. The van der Waals surface area contributed by atoms with Gasteiger partial charge in [-0.05, 0) is 42.3 Å². The quantitative estimate of drug-likeness (QED) is 0.621. The van der Waals surface area contributed by atoms with E-state index in [9.17, 15) is 14.0 Å². The monoisotopic (exact) mass is 434 g/mol. The van der Waals surface area contributed by atoms with Crippen molar-refractivity contribution in [3.63, 3.8) is 0 Å². The second-order valence-corrected chi connectivity index (χ2v) is 8.40. The average Bonchev–Trinajstić information content (AvgIpc) is 3.41. The molecule has 0 bridgehead atoms. The van der Waals surface area contributed by atoms with Crippen LogP contribution in [0.25, 0.3) is 0 Å². The molecule has 1 aliphatic carbocycles. The maximum absolute atomic E-state index is 13.5. The number of benzene rings is 2. The minimum absolute atomic E-state index is 0.0568. The number of aromatic nitrogens is 2. The van der Waals surface area contributed by atoms with Crippen molar-refractivity contribution in [2.45, 2.75) is 18.9 Å². The largest absolute Gasteiger partial charge is 0.492 e. The van der Waals surface area contributed by atoms with Crippen molar-refractivity contribution in [1.82, 2.24) is 15.1 Å². The van der Waals surface area contributed by atoms with Crippen LogP contribution in [0.3, 0.4) is 0 Å². The van der Waals surface area contributed by atoms with Gasteiger partial charge in [0.1, 0.15) is 24.7 Å². The first-order valence-corrected chi connectivity index (χ1v) is 10.5. The predicted octanol–water partition coefficient (Wildman–Crippen LogP) is 2.77. The fourth-order valence-electron chi connectivity index (χ4n) is 4.44. The highest BCUT2D eigenvalue weighted by Gasteiger charge is 2.66. The standard InChI is InChI=1S/C24H23FN4O3/c1-28-13-16(12-27-28)11-26-22(30)14-29-21-5-3-2-4-19(21)20-10-24(20,23(29)31)15-32-18-8-6-17(25)7-9-18/h2-9,12-13,20H,10-11,14-15H2,1H3,(H,26,30)/t20-,24+/m0/s1. The Morgan fingerprint density at radius 3 is 2.78 bits per heavy atom. The van der Waals surface area contributed by atoms with Crippen molar-refractivity contribution in [2.75, 3.05) is 18.1 Å². The summed E-state index contributed by atoms with van der Waals surface area (Å²) in [5.74, 6) is -0.128. The van der Waals surface area contributed by atoms with Gasteiger partial charge in [0.15, 0.2) is 0 Å². The molecule has 2 heterocycles. The fraction of sp³-hybridized carbons (Fsp3) is 0.292. The number of ether oxygens (including phenoxy) is 1. The molecular weight excluding hydrogens is 411 g/mol. The van der Waals surface area contributed by atoms with Crippen molar-refractivity contribution in [2.24, 2.45) is 12.5 Å². The van der Waals surface area contributed by atoms with Crippen molar-refractivity contribution in [1.29, 1.82) is 0 Å². The molecule has 0 saturated heterocycles. The van der Waals surface area contributed by atoms with Gasteiger partial charge in [-0.25, -0.2) is 4.39 Å². The molecule has 3 aromatic rings. The van der Waals surface area contributed by atoms with Crippen LogP contribution >= 0.6 is 0 Å². The summed E-state index contributed by atoms with van der Waals surface area (Å²) >= 11 is 0. The van der Waals surface area contributed by atoms with Crippen molar-refractivity contribution >= 4 is 17.5 Å². The summed E-state index contributed by atoms with van der Waals surface area (Å²) in [7, 11) is 1.81. The molecular formula is C24H23FN4O3. The zero-order valence-corrected chi connectivity index (χ0v) is 17.6. The number of halogens is 1. The van der Waals surface area contributed by atoms with E-state index in [2.05, 4.69) is 10.4 Å². The highest BCUT2D eigenvalue weighted by atomic mass is 19.1. The van der Waals surface area contributed by atoms with E-state index >= 15 is 0 Å². The number of amides is 2. The lowest BCUT2D eigenvalue weighted by molar-refractivity contribution is -0.128. The van der Waals surface area contributed by atoms with Gasteiger partial charge in [0.05, 0.1) is 11.6 Å². The molecule has 2 aliphatic rings. The van der Waals surface area contributed by atoms with Gasteiger partial charge < -0.3 is 15.0 Å². The molecule has 7 nitrogen and oxygen atoms in total. The first-order valence-electron chi connectivity index (χ1n) is 10.5. The Balaban J connectivity index is 1.32. The normalized spacial score (nSPS) is 21.0. The zero-order valence-electron chi connectivity index (χ0n) is 17.6. The number of anilines is 1. The zero-order chi connectivity index (χ0) is 22.3. The molecule has 1 aliphatic heterocycles. The lowest BCUT2D eigenvalue weighted by atomic mass is 9.92. The number of hydrogen-bond donors (Lipinski definition) is 1. The van der Waals surface area contributed by atoms with Gasteiger partial charge in [0.25, 0.3) is 0 Å². The van der Waals surface area contributed by atoms with Crippen LogP contribution in [0.2, 0.25) is 0 Å². The van der Waals surface area contributed by atoms with E-state index in [1.807, 2.05) is 37.5 Å². The van der Waals surface area contributed by atoms with Crippen LogP contribution in [0.1, 0.15) is 23.5 Å². The van der Waals surface area contributed by atoms with Gasteiger partial charge in [-0.15, -0.1) is 0 Å². The number of nitrogens with one attached hydrogen (secondary N) is 1. The van der Waals surface area contributed by atoms with E-state index in [1.165, 1.54) is 12.1 Å². The lowest BCUT2D eigenvalue weighted by Crippen LogP contribution is -2.48. The Morgan fingerprint density at radius 1 is 1.25 bits per heavy atom. The molecule has 2 amide bonds. The van der Waals surface area contributed by atoms with Crippen LogP contribution in [-0.4, -0.2) is 34.7 Å². The highest BCUT2D eigenvalue weighted by molar-refractivity contribution is 6.07. The molecule has 2 aromatic carbocycles. The Kier molecular flexibility index (Phi) is 4.92. The number of hydrogen-bond acceptors (Lipinski definition) is 4. The highest BCUT2D eigenvalue weighted by Crippen LogP contribution is 2.65. The molecule has 164 valence electrons. The Bertz CT molecular complexity index is 1180. The van der Waals surface area contributed by atoms with E-state index < -0.39 is 5.41 Å². The molecule has 0 spiro atoms. The van der Waals surface area contributed by atoms with E-state index in [0.29, 0.717) is 18.7 Å². The lowest BCUT2D eigenvalue weighted by Gasteiger charge is -2.33. The first kappa shape index (κ1) is 20.2. The first-order chi connectivity index (χ1) is 15.5. The van der Waals surface area contributed by atoms with Gasteiger partial charge in [0.2, 0.25) is 11.8 Å². The third kappa shape index (κ3) is 3.62. The van der Waals surface area contributed by atoms with Crippen molar-refractivity contribution in [3.05, 3.63) is 77.9 Å². The van der Waals surface area contributed by atoms with Crippen LogP contribution < -0.4 is 15.0 Å². The average molecular weight is 434 g/mol. The van der Waals surface area contributed by atoms with Gasteiger partial charge in [-0.2, -0.15) is 5.10 Å². The third-order valence-corrected chi connectivity index (χ3v) is 6.21. The molecule has 1 aromatic heterocycles. The third-order valence-electron chi connectivity index (χ3n) is 6.21. The SMILES string of the molecule is Cn1cc(CNC(=O)CN2C(=O)[C@@]3(COc4ccc(F)cc4)C[C@H]3c3ccccc32)cn1. The number of nitrogens with zero attached hydrogens (tertiary/aromatic N) is 3. The minimum Gasteiger partial charge on any atom is -0.492 e. The number of rotatable bonds is 7. The molecule has 8 heteroatoms. The summed E-state index contributed by atoms with van der Waals surface area (Å²) in [6.45, 7) is 0.462. The molecule has 1 N–H and O–H groups in total. The van der Waals surface area contributed by atoms with Crippen LogP contribution in [0.15, 0.2) is 60.9 Å².